The summed E-state index contributed by atoms with van der Waals surface area (Å²) in [6, 6.07) is 0. The zero-order valence-corrected chi connectivity index (χ0v) is 9.85. The number of rotatable bonds is 5. The Morgan fingerprint density at radius 1 is 1.47 bits per heavy atom. The van der Waals surface area contributed by atoms with Gasteiger partial charge < -0.3 is 5.32 Å². The highest BCUT2D eigenvalue weighted by Gasteiger charge is 1.96. The van der Waals surface area contributed by atoms with E-state index in [-0.39, 0.29) is 19.0 Å². The van der Waals surface area contributed by atoms with Crippen molar-refractivity contribution in [2.75, 3.05) is 13.1 Å². The fraction of sp³-hybridized carbons (Fsp3) is 0.308. The molecule has 0 saturated heterocycles. The summed E-state index contributed by atoms with van der Waals surface area (Å²) in [5, 5.41) is 5.22. The predicted octanol–water partition coefficient (Wildman–Crippen LogP) is 2.26. The van der Waals surface area contributed by atoms with Crippen LogP contribution in [0, 0.1) is 4.91 Å². The van der Waals surface area contributed by atoms with Crippen LogP contribution in [0.5, 0.6) is 0 Å². The number of amides is 1. The van der Waals surface area contributed by atoms with E-state index in [9.17, 15) is 9.70 Å². The second-order valence-electron chi connectivity index (χ2n) is 3.70. The third-order valence-electron chi connectivity index (χ3n) is 2.26. The van der Waals surface area contributed by atoms with Crippen LogP contribution >= 0.6 is 0 Å². The van der Waals surface area contributed by atoms with E-state index in [0.717, 1.165) is 12.0 Å². The molecule has 0 aromatic rings. The zero-order chi connectivity index (χ0) is 12.5. The topological polar surface area (TPSA) is 58.5 Å². The van der Waals surface area contributed by atoms with E-state index in [1.165, 1.54) is 11.6 Å². The summed E-state index contributed by atoms with van der Waals surface area (Å²) in [5.74, 6) is -0.211. The Balaban J connectivity index is 2.43. The minimum absolute atomic E-state index is 0.102. The Morgan fingerprint density at radius 3 is 3.06 bits per heavy atom. The van der Waals surface area contributed by atoms with Crippen molar-refractivity contribution in [2.45, 2.75) is 13.3 Å². The van der Waals surface area contributed by atoms with Gasteiger partial charge in [-0.15, -0.1) is 0 Å². The van der Waals surface area contributed by atoms with Gasteiger partial charge in [-0.25, -0.2) is 0 Å². The molecule has 1 aliphatic rings. The van der Waals surface area contributed by atoms with Crippen molar-refractivity contribution in [1.29, 1.82) is 0 Å². The molecule has 0 saturated carbocycles. The van der Waals surface area contributed by atoms with Crippen LogP contribution in [0.1, 0.15) is 13.3 Å². The fourth-order valence-electron chi connectivity index (χ4n) is 1.32. The molecular formula is C13H16N2O2. The lowest BCUT2D eigenvalue weighted by Crippen LogP contribution is -2.23. The summed E-state index contributed by atoms with van der Waals surface area (Å²) in [5.41, 5.74) is 2.22. The first-order valence-electron chi connectivity index (χ1n) is 5.52. The van der Waals surface area contributed by atoms with Gasteiger partial charge in [0.25, 0.3) is 0 Å². The molecule has 0 atom stereocenters. The molecule has 1 rings (SSSR count). The van der Waals surface area contributed by atoms with E-state index in [1.807, 2.05) is 25.2 Å². The quantitative estimate of drug-likeness (QED) is 0.449. The van der Waals surface area contributed by atoms with Crippen LogP contribution in [0.15, 0.2) is 52.8 Å². The van der Waals surface area contributed by atoms with Gasteiger partial charge in [-0.2, -0.15) is 4.91 Å². The van der Waals surface area contributed by atoms with Crippen LogP contribution < -0.4 is 5.32 Å². The number of hydrogen-bond donors (Lipinski definition) is 1. The minimum Gasteiger partial charge on any atom is -0.351 e. The van der Waals surface area contributed by atoms with Crippen molar-refractivity contribution >= 4 is 5.91 Å². The van der Waals surface area contributed by atoms with Crippen molar-refractivity contribution in [1.82, 2.24) is 5.32 Å². The number of carbonyl (C=O) groups is 1. The summed E-state index contributed by atoms with van der Waals surface area (Å²) in [6.07, 6.45) is 12.2. The van der Waals surface area contributed by atoms with Crippen LogP contribution in [0.3, 0.4) is 0 Å². The normalized spacial score (nSPS) is 15.1. The maximum Gasteiger partial charge on any atom is 0.244 e. The molecular weight excluding hydrogens is 216 g/mol. The molecule has 4 heteroatoms. The fourth-order valence-corrected chi connectivity index (χ4v) is 1.32. The molecule has 1 N–H and O–H groups in total. The van der Waals surface area contributed by atoms with Crippen LogP contribution in [-0.4, -0.2) is 19.0 Å². The van der Waals surface area contributed by atoms with Gasteiger partial charge in [0.05, 0.1) is 6.54 Å². The molecule has 0 unspecified atom stereocenters. The summed E-state index contributed by atoms with van der Waals surface area (Å²) in [4.78, 5) is 21.1. The second-order valence-corrected chi connectivity index (χ2v) is 3.70. The van der Waals surface area contributed by atoms with Gasteiger partial charge in [-0.05, 0) is 25.0 Å². The summed E-state index contributed by atoms with van der Waals surface area (Å²) < 4.78 is 0. The molecule has 0 radical (unpaired) electrons. The van der Waals surface area contributed by atoms with Gasteiger partial charge in [0.2, 0.25) is 5.91 Å². The monoisotopic (exact) mass is 232 g/mol. The number of nitrogens with zero attached hydrogens (tertiary/aromatic N) is 1. The Morgan fingerprint density at radius 2 is 2.29 bits per heavy atom. The number of hydrogen-bond acceptors (Lipinski definition) is 3. The highest BCUT2D eigenvalue weighted by Crippen LogP contribution is 2.10. The molecule has 4 nitrogen and oxygen atoms in total. The van der Waals surface area contributed by atoms with Crippen LogP contribution in [0.2, 0.25) is 0 Å². The van der Waals surface area contributed by atoms with Crippen molar-refractivity contribution in [2.24, 2.45) is 5.18 Å². The molecule has 17 heavy (non-hydrogen) atoms. The van der Waals surface area contributed by atoms with E-state index in [4.69, 9.17) is 0 Å². The van der Waals surface area contributed by atoms with Crippen LogP contribution in [-0.2, 0) is 4.79 Å². The second kappa shape index (κ2) is 7.33. The van der Waals surface area contributed by atoms with E-state index in [2.05, 4.69) is 16.6 Å². The average Bonchev–Trinajstić information content (AvgIpc) is 2.52. The lowest BCUT2D eigenvalue weighted by Gasteiger charge is -1.96. The van der Waals surface area contributed by atoms with Crippen molar-refractivity contribution in [3.63, 3.8) is 0 Å². The first kappa shape index (κ1) is 13.1. The smallest absolute Gasteiger partial charge is 0.244 e. The van der Waals surface area contributed by atoms with Gasteiger partial charge in [0.15, 0.2) is 0 Å². The summed E-state index contributed by atoms with van der Waals surface area (Å²) in [6.45, 7) is 2.42. The first-order valence-corrected chi connectivity index (χ1v) is 5.52. The Bertz CT molecular complexity index is 404. The molecule has 0 spiro atoms. The Labute approximate surface area is 101 Å². The van der Waals surface area contributed by atoms with Crippen molar-refractivity contribution in [3.8, 4) is 0 Å². The Kier molecular flexibility index (Phi) is 5.64. The third kappa shape index (κ3) is 5.61. The summed E-state index contributed by atoms with van der Waals surface area (Å²) >= 11 is 0. The average molecular weight is 232 g/mol. The van der Waals surface area contributed by atoms with Gasteiger partial charge >= 0.3 is 0 Å². The van der Waals surface area contributed by atoms with Gasteiger partial charge in [-0.1, -0.05) is 35.1 Å². The minimum atomic E-state index is -0.211. The highest BCUT2D eigenvalue weighted by molar-refractivity contribution is 5.88. The van der Waals surface area contributed by atoms with E-state index >= 15 is 0 Å². The number of carbonyl (C=O) groups excluding carboxylic acids is 1. The molecule has 0 heterocycles. The largest absolute Gasteiger partial charge is 0.351 e. The third-order valence-corrected chi connectivity index (χ3v) is 2.26. The molecule has 0 aromatic carbocycles. The molecule has 1 amide bonds. The maximum absolute atomic E-state index is 11.3. The van der Waals surface area contributed by atoms with Crippen molar-refractivity contribution < 1.29 is 4.79 Å². The SMILES string of the molecule is CC1=CCC=C(/C=C/C(=O)NCCN=O)C=C1. The predicted molar refractivity (Wildman–Crippen MR) is 68.4 cm³/mol. The van der Waals surface area contributed by atoms with Crippen LogP contribution in [0.4, 0.5) is 0 Å². The molecule has 0 aliphatic heterocycles. The first-order chi connectivity index (χ1) is 8.22. The van der Waals surface area contributed by atoms with E-state index in [1.54, 1.807) is 6.08 Å². The molecule has 1 aliphatic carbocycles. The molecule has 0 fully saturated rings. The highest BCUT2D eigenvalue weighted by atomic mass is 16.3. The maximum atomic E-state index is 11.3. The van der Waals surface area contributed by atoms with Crippen molar-refractivity contribution in [3.05, 3.63) is 52.5 Å². The molecule has 0 bridgehead atoms. The number of nitroso groups, excluding NO2 is 1. The zero-order valence-electron chi connectivity index (χ0n) is 9.85. The number of allylic oxidation sites excluding steroid dienone is 7. The number of nitrogens with one attached hydrogen (secondary N) is 1. The van der Waals surface area contributed by atoms with E-state index < -0.39 is 0 Å². The van der Waals surface area contributed by atoms with Gasteiger partial charge in [-0.3, -0.25) is 4.79 Å². The standard InChI is InChI=1S/C13H16N2O2/c1-11-3-2-4-12(6-5-11)7-8-13(16)14-9-10-15-17/h3-8H,2,9-10H2,1H3,(H,14,16)/b8-7+. The molecule has 90 valence electrons. The van der Waals surface area contributed by atoms with Gasteiger partial charge in [0.1, 0.15) is 0 Å². The lowest BCUT2D eigenvalue weighted by atomic mass is 10.2. The van der Waals surface area contributed by atoms with Crippen LogP contribution in [0.25, 0.3) is 0 Å². The molecule has 0 aromatic heterocycles. The lowest BCUT2D eigenvalue weighted by molar-refractivity contribution is -0.116. The summed E-state index contributed by atoms with van der Waals surface area (Å²) in [7, 11) is 0. The Hall–Kier alpha value is -1.97. The van der Waals surface area contributed by atoms with E-state index in [0.29, 0.717) is 0 Å². The van der Waals surface area contributed by atoms with Gasteiger partial charge in [0, 0.05) is 12.6 Å².